The third kappa shape index (κ3) is 5.98. The van der Waals surface area contributed by atoms with Crippen molar-refractivity contribution in [1.29, 1.82) is 0 Å². The molecule has 1 aromatic rings. The molecule has 0 radical (unpaired) electrons. The zero-order valence-electron chi connectivity index (χ0n) is 13.6. The number of halogens is 1. The number of nitrogens with zero attached hydrogens (tertiary/aromatic N) is 1. The molecule has 23 heavy (non-hydrogen) atoms. The molecular weight excluding hydrogens is 297 g/mol. The van der Waals surface area contributed by atoms with E-state index in [1.165, 1.54) is 12.1 Å². The molecule has 0 bridgehead atoms. The van der Waals surface area contributed by atoms with Crippen molar-refractivity contribution in [1.82, 2.24) is 15.5 Å². The predicted octanol–water partition coefficient (Wildman–Crippen LogP) is 1.08. The summed E-state index contributed by atoms with van der Waals surface area (Å²) in [5, 5.41) is 5.75. The molecular formula is C17H24FN3O2. The number of amides is 2. The lowest BCUT2D eigenvalue weighted by Crippen LogP contribution is -2.47. The van der Waals surface area contributed by atoms with Crippen LogP contribution in [0.3, 0.4) is 0 Å². The van der Waals surface area contributed by atoms with Crippen molar-refractivity contribution in [2.75, 3.05) is 20.1 Å². The second-order valence-electron chi connectivity index (χ2n) is 6.10. The maximum atomic E-state index is 12.8. The second-order valence-corrected chi connectivity index (χ2v) is 6.10. The van der Waals surface area contributed by atoms with Crippen LogP contribution in [-0.4, -0.2) is 48.9 Å². The lowest BCUT2D eigenvalue weighted by Gasteiger charge is -2.23. The first-order valence-corrected chi connectivity index (χ1v) is 7.97. The summed E-state index contributed by atoms with van der Waals surface area (Å²) in [4.78, 5) is 25.6. The Morgan fingerprint density at radius 3 is 2.57 bits per heavy atom. The Morgan fingerprint density at radius 2 is 1.96 bits per heavy atom. The number of nitrogens with one attached hydrogen (secondary N) is 2. The molecule has 1 atom stereocenters. The summed E-state index contributed by atoms with van der Waals surface area (Å²) in [6.45, 7) is 2.47. The van der Waals surface area contributed by atoms with E-state index in [2.05, 4.69) is 10.6 Å². The minimum atomic E-state index is -0.381. The van der Waals surface area contributed by atoms with Crippen LogP contribution in [0.2, 0.25) is 0 Å². The van der Waals surface area contributed by atoms with Crippen LogP contribution in [0.4, 0.5) is 4.39 Å². The molecule has 2 amide bonds. The molecule has 6 heteroatoms. The summed E-state index contributed by atoms with van der Waals surface area (Å²) in [7, 11) is 1.76. The van der Waals surface area contributed by atoms with Crippen LogP contribution in [0, 0.1) is 5.82 Å². The summed E-state index contributed by atoms with van der Waals surface area (Å²) in [6.07, 6.45) is 2.74. The minimum Gasteiger partial charge on any atom is -0.354 e. The molecule has 126 valence electrons. The van der Waals surface area contributed by atoms with E-state index in [-0.39, 0.29) is 30.2 Å². The lowest BCUT2D eigenvalue weighted by atomic mass is 10.1. The Balaban J connectivity index is 1.68. The first-order valence-electron chi connectivity index (χ1n) is 7.97. The van der Waals surface area contributed by atoms with Gasteiger partial charge in [-0.3, -0.25) is 14.5 Å². The quantitative estimate of drug-likeness (QED) is 0.753. The number of carbonyl (C=O) groups is 2. The molecule has 1 fully saturated rings. The molecule has 0 aromatic heterocycles. The largest absolute Gasteiger partial charge is 0.354 e. The van der Waals surface area contributed by atoms with Crippen LogP contribution in [0.5, 0.6) is 0 Å². The zero-order valence-corrected chi connectivity index (χ0v) is 13.6. The second kappa shape index (κ2) is 8.06. The van der Waals surface area contributed by atoms with Crippen molar-refractivity contribution in [3.05, 3.63) is 35.6 Å². The number of hydrogen-bond acceptors (Lipinski definition) is 3. The van der Waals surface area contributed by atoms with E-state index in [0.717, 1.165) is 18.4 Å². The Kier molecular flexibility index (Phi) is 6.10. The Bertz CT molecular complexity index is 543. The van der Waals surface area contributed by atoms with E-state index >= 15 is 0 Å². The van der Waals surface area contributed by atoms with Gasteiger partial charge in [-0.15, -0.1) is 0 Å². The average molecular weight is 321 g/mol. The fourth-order valence-electron chi connectivity index (χ4n) is 2.19. The van der Waals surface area contributed by atoms with Gasteiger partial charge in [-0.25, -0.2) is 4.39 Å². The Hall–Kier alpha value is -1.95. The summed E-state index contributed by atoms with van der Waals surface area (Å²) >= 11 is 0. The van der Waals surface area contributed by atoms with Gasteiger partial charge in [-0.1, -0.05) is 12.1 Å². The van der Waals surface area contributed by atoms with Gasteiger partial charge in [0.1, 0.15) is 5.82 Å². The van der Waals surface area contributed by atoms with Gasteiger partial charge in [-0.05, 0) is 50.9 Å². The van der Waals surface area contributed by atoms with E-state index < -0.39 is 0 Å². The van der Waals surface area contributed by atoms with E-state index in [1.807, 2.05) is 0 Å². The monoisotopic (exact) mass is 321 g/mol. The minimum absolute atomic E-state index is 0.0408. The first kappa shape index (κ1) is 17.4. The van der Waals surface area contributed by atoms with E-state index in [9.17, 15) is 14.0 Å². The maximum absolute atomic E-state index is 12.8. The number of hydrogen-bond donors (Lipinski definition) is 2. The van der Waals surface area contributed by atoms with Crippen molar-refractivity contribution < 1.29 is 14.0 Å². The number of likely N-dealkylation sites (N-methyl/N-ethyl adjacent to an activating group) is 1. The molecule has 1 unspecified atom stereocenters. The topological polar surface area (TPSA) is 61.4 Å². The van der Waals surface area contributed by atoms with Crippen LogP contribution < -0.4 is 10.6 Å². The average Bonchev–Trinajstić information content (AvgIpc) is 3.32. The maximum Gasteiger partial charge on any atom is 0.237 e. The van der Waals surface area contributed by atoms with Crippen molar-refractivity contribution in [3.63, 3.8) is 0 Å². The fourth-order valence-corrected chi connectivity index (χ4v) is 2.19. The SMILES string of the molecule is CC(C(=O)NCCc1ccc(F)cc1)N(C)CC(=O)NC1CC1. The smallest absolute Gasteiger partial charge is 0.237 e. The van der Waals surface area contributed by atoms with E-state index in [4.69, 9.17) is 0 Å². The predicted molar refractivity (Wildman–Crippen MR) is 86.4 cm³/mol. The van der Waals surface area contributed by atoms with E-state index in [0.29, 0.717) is 19.0 Å². The lowest BCUT2D eigenvalue weighted by molar-refractivity contribution is -0.127. The fraction of sp³-hybridized carbons (Fsp3) is 0.529. The van der Waals surface area contributed by atoms with Gasteiger partial charge in [-0.2, -0.15) is 0 Å². The summed E-state index contributed by atoms with van der Waals surface area (Å²) in [5.41, 5.74) is 0.969. The van der Waals surface area contributed by atoms with Gasteiger partial charge in [0.15, 0.2) is 0 Å². The van der Waals surface area contributed by atoms with Crippen LogP contribution in [0.1, 0.15) is 25.3 Å². The van der Waals surface area contributed by atoms with Gasteiger partial charge >= 0.3 is 0 Å². The third-order valence-corrected chi connectivity index (χ3v) is 4.00. The Morgan fingerprint density at radius 1 is 1.30 bits per heavy atom. The molecule has 2 rings (SSSR count). The van der Waals surface area contributed by atoms with Gasteiger partial charge in [0.2, 0.25) is 11.8 Å². The first-order chi connectivity index (χ1) is 11.0. The molecule has 1 saturated carbocycles. The normalized spacial score (nSPS) is 15.3. The highest BCUT2D eigenvalue weighted by Gasteiger charge is 2.25. The van der Waals surface area contributed by atoms with Gasteiger partial charge in [0.25, 0.3) is 0 Å². The highest BCUT2D eigenvalue weighted by Crippen LogP contribution is 2.18. The molecule has 0 heterocycles. The van der Waals surface area contributed by atoms with Crippen LogP contribution in [0.25, 0.3) is 0 Å². The molecule has 1 aliphatic carbocycles. The van der Waals surface area contributed by atoms with Gasteiger partial charge in [0, 0.05) is 12.6 Å². The number of carbonyl (C=O) groups excluding carboxylic acids is 2. The Labute approximate surface area is 136 Å². The molecule has 0 spiro atoms. The molecule has 0 aliphatic heterocycles. The van der Waals surface area contributed by atoms with Crippen molar-refractivity contribution in [3.8, 4) is 0 Å². The summed E-state index contributed by atoms with van der Waals surface area (Å²) in [6, 6.07) is 6.18. The van der Waals surface area contributed by atoms with E-state index in [1.54, 1.807) is 31.0 Å². The molecule has 5 nitrogen and oxygen atoms in total. The van der Waals surface area contributed by atoms with Crippen molar-refractivity contribution >= 4 is 11.8 Å². The van der Waals surface area contributed by atoms with Crippen LogP contribution in [-0.2, 0) is 16.0 Å². The number of benzene rings is 1. The van der Waals surface area contributed by atoms with Gasteiger partial charge < -0.3 is 10.6 Å². The van der Waals surface area contributed by atoms with Crippen LogP contribution in [0.15, 0.2) is 24.3 Å². The zero-order chi connectivity index (χ0) is 16.8. The standard InChI is InChI=1S/C17H24FN3O2/c1-12(21(2)11-16(22)20-15-7-8-15)17(23)19-10-9-13-3-5-14(18)6-4-13/h3-6,12,15H,7-11H2,1-2H3,(H,19,23)(H,20,22). The van der Waals surface area contributed by atoms with Gasteiger partial charge in [0.05, 0.1) is 12.6 Å². The summed E-state index contributed by atoms with van der Waals surface area (Å²) in [5.74, 6) is -0.424. The third-order valence-electron chi connectivity index (χ3n) is 4.00. The highest BCUT2D eigenvalue weighted by molar-refractivity contribution is 5.83. The highest BCUT2D eigenvalue weighted by atomic mass is 19.1. The number of rotatable bonds is 8. The molecule has 2 N–H and O–H groups in total. The molecule has 1 aromatic carbocycles. The van der Waals surface area contributed by atoms with Crippen molar-refractivity contribution in [2.45, 2.75) is 38.3 Å². The van der Waals surface area contributed by atoms with Crippen LogP contribution >= 0.6 is 0 Å². The molecule has 0 saturated heterocycles. The molecule has 1 aliphatic rings. The van der Waals surface area contributed by atoms with Crippen molar-refractivity contribution in [2.24, 2.45) is 0 Å². The summed E-state index contributed by atoms with van der Waals surface area (Å²) < 4.78 is 12.8.